The molecule has 0 bridgehead atoms. The van der Waals surface area contributed by atoms with Crippen LogP contribution in [0.15, 0.2) is 12.3 Å². The van der Waals surface area contributed by atoms with Crippen LogP contribution in [0.5, 0.6) is 0 Å². The van der Waals surface area contributed by atoms with Gasteiger partial charge < -0.3 is 9.16 Å². The van der Waals surface area contributed by atoms with E-state index >= 15 is 0 Å². The molecule has 0 heterocycles. The second-order valence-corrected chi connectivity index (χ2v) is 4.90. The summed E-state index contributed by atoms with van der Waals surface area (Å²) in [6, 6.07) is 0. The highest BCUT2D eigenvalue weighted by molar-refractivity contribution is 5.98. The van der Waals surface area contributed by atoms with Crippen LogP contribution in [0, 0.1) is 0 Å². The average molecular weight is 230 g/mol. The summed E-state index contributed by atoms with van der Waals surface area (Å²) in [6.45, 7) is 6.97. The van der Waals surface area contributed by atoms with Gasteiger partial charge in [-0.1, -0.05) is 26.2 Å². The second-order valence-electron chi connectivity index (χ2n) is 4.50. The van der Waals surface area contributed by atoms with E-state index < -0.39 is 0 Å². The third-order valence-electron chi connectivity index (χ3n) is 2.40. The quantitative estimate of drug-likeness (QED) is 0.344. The van der Waals surface area contributed by atoms with Gasteiger partial charge in [0.2, 0.25) is 0 Å². The van der Waals surface area contributed by atoms with Crippen molar-refractivity contribution in [3.05, 3.63) is 12.3 Å². The van der Waals surface area contributed by atoms with Crippen molar-refractivity contribution in [2.75, 3.05) is 6.61 Å². The molecule has 0 atom stereocenters. The van der Waals surface area contributed by atoms with Gasteiger partial charge in [0.25, 0.3) is 0 Å². The van der Waals surface area contributed by atoms with Crippen LogP contribution in [0.3, 0.4) is 0 Å². The van der Waals surface area contributed by atoms with E-state index in [2.05, 4.69) is 26.8 Å². The first-order valence-corrected chi connectivity index (χ1v) is 6.76. The lowest BCUT2D eigenvalue weighted by atomic mass is 10.1. The van der Waals surface area contributed by atoms with Crippen LogP contribution in [-0.2, 0) is 9.16 Å². The summed E-state index contributed by atoms with van der Waals surface area (Å²) >= 11 is 0. The molecule has 0 amide bonds. The van der Waals surface area contributed by atoms with E-state index in [4.69, 9.17) is 9.16 Å². The largest absolute Gasteiger partial charge is 0.499 e. The lowest BCUT2D eigenvalue weighted by Crippen LogP contribution is -2.28. The van der Waals surface area contributed by atoms with Crippen molar-refractivity contribution in [1.82, 2.24) is 0 Å². The summed E-state index contributed by atoms with van der Waals surface area (Å²) in [5.41, 5.74) is -0.126. The first kappa shape index (κ1) is 14.7. The van der Waals surface area contributed by atoms with Crippen LogP contribution in [-0.4, -0.2) is 22.7 Å². The summed E-state index contributed by atoms with van der Waals surface area (Å²) in [5.74, 6) is 0. The van der Waals surface area contributed by atoms with Gasteiger partial charge in [-0.2, -0.15) is 0 Å². The van der Waals surface area contributed by atoms with Gasteiger partial charge in [-0.15, -0.1) is 0 Å². The van der Waals surface area contributed by atoms with Gasteiger partial charge in [-0.05, 0) is 32.8 Å². The van der Waals surface area contributed by atoms with E-state index in [1.165, 1.54) is 25.7 Å². The fraction of sp³-hybridized carbons (Fsp3) is 0.833. The molecule has 0 aliphatic rings. The zero-order chi connectivity index (χ0) is 11.6. The molecule has 90 valence electrons. The van der Waals surface area contributed by atoms with Crippen molar-refractivity contribution in [2.24, 2.45) is 0 Å². The zero-order valence-corrected chi connectivity index (χ0v) is 12.7. The molecular weight excluding hydrogens is 204 g/mol. The van der Waals surface area contributed by atoms with Crippen molar-refractivity contribution in [2.45, 2.75) is 58.5 Å². The van der Waals surface area contributed by atoms with E-state index in [1.54, 1.807) is 0 Å². The lowest BCUT2D eigenvalue weighted by Gasteiger charge is -2.22. The number of unbranched alkanes of at least 4 members (excludes halogenated alkanes) is 4. The molecule has 0 rings (SSSR count). The second kappa shape index (κ2) is 8.98. The monoisotopic (exact) mass is 230 g/mol. The van der Waals surface area contributed by atoms with Crippen molar-refractivity contribution in [3.63, 3.8) is 0 Å². The Bertz CT molecular complexity index is 167. The molecule has 0 aromatic heterocycles. The van der Waals surface area contributed by atoms with Gasteiger partial charge in [0.15, 0.2) is 0 Å². The molecule has 0 aliphatic heterocycles. The maximum absolute atomic E-state index is 5.41. The van der Waals surface area contributed by atoms with Crippen LogP contribution >= 0.6 is 0 Å². The molecule has 15 heavy (non-hydrogen) atoms. The molecule has 0 spiro atoms. The van der Waals surface area contributed by atoms with E-state index in [-0.39, 0.29) is 5.60 Å². The van der Waals surface area contributed by atoms with Crippen LogP contribution in [0.1, 0.15) is 52.9 Å². The van der Waals surface area contributed by atoms with E-state index in [9.17, 15) is 0 Å². The molecule has 2 nitrogen and oxygen atoms in total. The summed E-state index contributed by atoms with van der Waals surface area (Å²) in [6.07, 6.45) is 10.3. The van der Waals surface area contributed by atoms with Crippen molar-refractivity contribution >= 4 is 10.5 Å². The van der Waals surface area contributed by atoms with Crippen molar-refractivity contribution in [1.29, 1.82) is 0 Å². The molecule has 0 unspecified atom stereocenters. The van der Waals surface area contributed by atoms with Gasteiger partial charge in [-0.3, -0.25) is 0 Å². The first-order valence-electron chi connectivity index (χ1n) is 5.94. The summed E-state index contributed by atoms with van der Waals surface area (Å²) in [4.78, 5) is 0. The minimum Gasteiger partial charge on any atom is -0.499 e. The Labute approximate surface area is 97.6 Å². The Balaban J connectivity index is 3.31. The van der Waals surface area contributed by atoms with Crippen molar-refractivity contribution in [3.8, 4) is 0 Å². The van der Waals surface area contributed by atoms with Gasteiger partial charge in [-0.25, -0.2) is 0 Å². The highest BCUT2D eigenvalue weighted by atomic mass is 28.2. The maximum atomic E-state index is 5.41. The fourth-order valence-corrected chi connectivity index (χ4v) is 1.25. The SMILES string of the molecule is CCCCCCC=COCC(C)(C)O[SiH3]. The standard InChI is InChI=1S/C12H26O2Si/c1-4-5-6-7-8-9-10-13-11-12(2,3)14-15/h9-10H,4-8,11H2,1-3,15H3. The Morgan fingerprint density at radius 3 is 2.53 bits per heavy atom. The molecule has 0 radical (unpaired) electrons. The molecular formula is C12H26O2Si. The fourth-order valence-electron chi connectivity index (χ4n) is 1.13. The van der Waals surface area contributed by atoms with Crippen LogP contribution in [0.25, 0.3) is 0 Å². The first-order chi connectivity index (χ1) is 7.12. The van der Waals surface area contributed by atoms with Crippen LogP contribution in [0.2, 0.25) is 0 Å². The zero-order valence-electron chi connectivity index (χ0n) is 10.7. The minimum atomic E-state index is -0.126. The third kappa shape index (κ3) is 10.0. The molecule has 0 N–H and O–H groups in total. The maximum Gasteiger partial charge on any atom is 0.146 e. The summed E-state index contributed by atoms with van der Waals surface area (Å²) < 4.78 is 10.8. The Hall–Kier alpha value is -0.283. The Kier molecular flexibility index (Phi) is 8.81. The van der Waals surface area contributed by atoms with Crippen molar-refractivity contribution < 1.29 is 9.16 Å². The van der Waals surface area contributed by atoms with Gasteiger partial charge in [0.05, 0.1) is 11.9 Å². The normalized spacial score (nSPS) is 12.5. The number of rotatable bonds is 9. The summed E-state index contributed by atoms with van der Waals surface area (Å²) in [7, 11) is 0.764. The molecule has 0 aromatic carbocycles. The van der Waals surface area contributed by atoms with Gasteiger partial charge >= 0.3 is 0 Å². The molecule has 3 heteroatoms. The van der Waals surface area contributed by atoms with E-state index in [0.29, 0.717) is 6.61 Å². The number of ether oxygens (including phenoxy) is 1. The number of hydrogen-bond acceptors (Lipinski definition) is 2. The highest BCUT2D eigenvalue weighted by Crippen LogP contribution is 2.07. The molecule has 0 aromatic rings. The van der Waals surface area contributed by atoms with E-state index in [0.717, 1.165) is 16.9 Å². The van der Waals surface area contributed by atoms with Crippen LogP contribution < -0.4 is 0 Å². The van der Waals surface area contributed by atoms with Gasteiger partial charge in [0, 0.05) is 0 Å². The highest BCUT2D eigenvalue weighted by Gasteiger charge is 2.14. The molecule has 0 fully saturated rings. The minimum absolute atomic E-state index is 0.126. The molecule has 0 saturated heterocycles. The Morgan fingerprint density at radius 1 is 1.20 bits per heavy atom. The predicted molar refractivity (Wildman–Crippen MR) is 69.0 cm³/mol. The number of allylic oxidation sites excluding steroid dienone is 1. The van der Waals surface area contributed by atoms with Crippen LogP contribution in [0.4, 0.5) is 0 Å². The smallest absolute Gasteiger partial charge is 0.146 e. The molecule has 0 saturated carbocycles. The third-order valence-corrected chi connectivity index (χ3v) is 3.51. The lowest BCUT2D eigenvalue weighted by molar-refractivity contribution is 0.0404. The number of hydrogen-bond donors (Lipinski definition) is 0. The van der Waals surface area contributed by atoms with Gasteiger partial charge in [0.1, 0.15) is 17.1 Å². The predicted octanol–water partition coefficient (Wildman–Crippen LogP) is 2.56. The Morgan fingerprint density at radius 2 is 1.93 bits per heavy atom. The summed E-state index contributed by atoms with van der Waals surface area (Å²) in [5, 5.41) is 0. The topological polar surface area (TPSA) is 18.5 Å². The average Bonchev–Trinajstić information content (AvgIpc) is 2.22. The molecule has 0 aliphatic carbocycles. The van der Waals surface area contributed by atoms with E-state index in [1.807, 2.05) is 6.26 Å².